The summed E-state index contributed by atoms with van der Waals surface area (Å²) in [7, 11) is 0. The number of aliphatic carboxylic acids is 1. The highest BCUT2D eigenvalue weighted by molar-refractivity contribution is 14.0. The molecule has 0 radical (unpaired) electrons. The van der Waals surface area contributed by atoms with Crippen LogP contribution in [0.1, 0.15) is 6.42 Å². The molecule has 1 amide bonds. The van der Waals surface area contributed by atoms with Gasteiger partial charge in [-0.05, 0) is 0 Å². The lowest BCUT2D eigenvalue weighted by Gasteiger charge is -1.99. The quantitative estimate of drug-likeness (QED) is 0.517. The largest absolute Gasteiger partial charge is 0.480 e. The molecule has 0 aliphatic rings. The van der Waals surface area contributed by atoms with E-state index in [0.29, 0.717) is 0 Å². The van der Waals surface area contributed by atoms with Gasteiger partial charge in [-0.3, -0.25) is 9.59 Å². The SMILES string of the molecule is I.NC(=O)C[C@H](N)C(=O)O.O. The number of carbonyl (C=O) groups excluding carboxylic acids is 1. The molecule has 0 fully saturated rings. The average molecular weight is 278 g/mol. The Bertz CT molecular complexity index is 140. The first-order valence-corrected chi connectivity index (χ1v) is 2.30. The molecule has 0 aromatic heterocycles. The number of primary amides is 1. The lowest BCUT2D eigenvalue weighted by molar-refractivity contribution is -0.140. The molecule has 0 aromatic carbocycles. The van der Waals surface area contributed by atoms with E-state index >= 15 is 0 Å². The molecule has 1 atom stereocenters. The van der Waals surface area contributed by atoms with Gasteiger partial charge in [0.15, 0.2) is 0 Å². The summed E-state index contributed by atoms with van der Waals surface area (Å²) in [5.41, 5.74) is 9.57. The molecule has 7 heteroatoms. The molecule has 68 valence electrons. The average Bonchev–Trinajstić information content (AvgIpc) is 1.63. The minimum absolute atomic E-state index is 0. The summed E-state index contributed by atoms with van der Waals surface area (Å²) in [4.78, 5) is 19.9. The predicted molar refractivity (Wildman–Crippen MR) is 48.5 cm³/mol. The number of rotatable bonds is 3. The van der Waals surface area contributed by atoms with Crippen molar-refractivity contribution < 1.29 is 20.2 Å². The molecular formula is C4H11IN2O4. The van der Waals surface area contributed by atoms with Gasteiger partial charge in [0.05, 0.1) is 6.42 Å². The Kier molecular flexibility index (Phi) is 11.8. The van der Waals surface area contributed by atoms with Crippen molar-refractivity contribution >= 4 is 35.9 Å². The maximum absolute atomic E-state index is 9.99. The minimum atomic E-state index is -1.21. The molecule has 0 saturated carbocycles. The molecular weight excluding hydrogens is 267 g/mol. The van der Waals surface area contributed by atoms with Crippen molar-refractivity contribution in [2.75, 3.05) is 0 Å². The van der Waals surface area contributed by atoms with Crippen LogP contribution in [0.5, 0.6) is 0 Å². The summed E-state index contributed by atoms with van der Waals surface area (Å²) >= 11 is 0. The molecule has 0 aliphatic carbocycles. The zero-order chi connectivity index (χ0) is 7.44. The second kappa shape index (κ2) is 7.69. The third kappa shape index (κ3) is 9.59. The Balaban J connectivity index is -0.000000320. The summed E-state index contributed by atoms with van der Waals surface area (Å²) in [6, 6.07) is -1.16. The van der Waals surface area contributed by atoms with Crippen molar-refractivity contribution in [3.05, 3.63) is 0 Å². The van der Waals surface area contributed by atoms with E-state index in [1.807, 2.05) is 0 Å². The topological polar surface area (TPSA) is 138 Å². The van der Waals surface area contributed by atoms with Gasteiger partial charge in [-0.25, -0.2) is 0 Å². The summed E-state index contributed by atoms with van der Waals surface area (Å²) < 4.78 is 0. The fourth-order valence-corrected chi connectivity index (χ4v) is 0.304. The lowest BCUT2D eigenvalue weighted by Crippen LogP contribution is -2.34. The highest BCUT2D eigenvalue weighted by Crippen LogP contribution is 1.84. The molecule has 0 rings (SSSR count). The number of hydrogen-bond donors (Lipinski definition) is 3. The zero-order valence-corrected chi connectivity index (χ0v) is 7.94. The maximum atomic E-state index is 9.99. The minimum Gasteiger partial charge on any atom is -0.480 e. The molecule has 0 aromatic rings. The first-order valence-electron chi connectivity index (χ1n) is 2.30. The number of carboxylic acids is 1. The third-order valence-electron chi connectivity index (χ3n) is 0.738. The van der Waals surface area contributed by atoms with Crippen LogP contribution in [0.4, 0.5) is 0 Å². The van der Waals surface area contributed by atoms with Crippen molar-refractivity contribution in [3.8, 4) is 0 Å². The maximum Gasteiger partial charge on any atom is 0.321 e. The van der Waals surface area contributed by atoms with E-state index in [9.17, 15) is 9.59 Å². The van der Waals surface area contributed by atoms with Crippen molar-refractivity contribution in [2.24, 2.45) is 11.5 Å². The fourth-order valence-electron chi connectivity index (χ4n) is 0.304. The first-order chi connectivity index (χ1) is 4.04. The molecule has 0 spiro atoms. The Hall–Kier alpha value is -0.410. The van der Waals surface area contributed by atoms with Crippen LogP contribution in [0, 0.1) is 0 Å². The number of nitrogens with two attached hydrogens (primary N) is 2. The summed E-state index contributed by atoms with van der Waals surface area (Å²) in [6.45, 7) is 0. The van der Waals surface area contributed by atoms with E-state index in [2.05, 4.69) is 5.73 Å². The molecule has 0 heterocycles. The number of amides is 1. The second-order valence-electron chi connectivity index (χ2n) is 1.62. The molecule has 0 bridgehead atoms. The molecule has 0 saturated heterocycles. The van der Waals surface area contributed by atoms with Crippen molar-refractivity contribution in [3.63, 3.8) is 0 Å². The Morgan fingerprint density at radius 1 is 1.45 bits per heavy atom. The molecule has 6 nitrogen and oxygen atoms in total. The van der Waals surface area contributed by atoms with Crippen molar-refractivity contribution in [1.29, 1.82) is 0 Å². The highest BCUT2D eigenvalue weighted by Gasteiger charge is 2.13. The van der Waals surface area contributed by atoms with Crippen LogP contribution in [0.25, 0.3) is 0 Å². The van der Waals surface area contributed by atoms with Crippen LogP contribution in [0.2, 0.25) is 0 Å². The Labute approximate surface area is 80.3 Å². The van der Waals surface area contributed by atoms with Gasteiger partial charge in [-0.15, -0.1) is 24.0 Å². The van der Waals surface area contributed by atoms with Crippen LogP contribution < -0.4 is 11.5 Å². The smallest absolute Gasteiger partial charge is 0.321 e. The van der Waals surface area contributed by atoms with Gasteiger partial charge in [0.2, 0.25) is 5.91 Å². The molecule has 7 N–H and O–H groups in total. The number of hydrogen-bond acceptors (Lipinski definition) is 3. The van der Waals surface area contributed by atoms with E-state index in [4.69, 9.17) is 10.8 Å². The van der Waals surface area contributed by atoms with Crippen LogP contribution in [0.15, 0.2) is 0 Å². The van der Waals surface area contributed by atoms with E-state index in [1.165, 1.54) is 0 Å². The predicted octanol–water partition coefficient (Wildman–Crippen LogP) is -1.93. The van der Waals surface area contributed by atoms with Crippen LogP contribution >= 0.6 is 24.0 Å². The van der Waals surface area contributed by atoms with Gasteiger partial charge in [0.1, 0.15) is 6.04 Å². The van der Waals surface area contributed by atoms with Gasteiger partial charge < -0.3 is 22.1 Å². The second-order valence-corrected chi connectivity index (χ2v) is 1.62. The Morgan fingerprint density at radius 3 is 1.91 bits per heavy atom. The normalized spacial score (nSPS) is 10.3. The standard InChI is InChI=1S/C4H8N2O3.HI.H2O/c5-2(4(8)9)1-3(6)7;;/h2H,1,5H2,(H2,6,7)(H,8,9);1H;1H2/t2-;;/m0../s1. The van der Waals surface area contributed by atoms with Crippen LogP contribution in [0.3, 0.4) is 0 Å². The van der Waals surface area contributed by atoms with Gasteiger partial charge in [0, 0.05) is 0 Å². The summed E-state index contributed by atoms with van der Waals surface area (Å²) in [5, 5.41) is 8.10. The summed E-state index contributed by atoms with van der Waals surface area (Å²) in [5.74, 6) is -1.92. The third-order valence-corrected chi connectivity index (χ3v) is 0.738. The highest BCUT2D eigenvalue weighted by atomic mass is 127. The van der Waals surface area contributed by atoms with E-state index in [1.54, 1.807) is 0 Å². The number of halogens is 1. The van der Waals surface area contributed by atoms with E-state index < -0.39 is 17.9 Å². The lowest BCUT2D eigenvalue weighted by atomic mass is 10.2. The first kappa shape index (κ1) is 16.9. The monoisotopic (exact) mass is 278 g/mol. The van der Waals surface area contributed by atoms with E-state index in [0.717, 1.165) is 0 Å². The van der Waals surface area contributed by atoms with Gasteiger partial charge in [0.25, 0.3) is 0 Å². The molecule has 11 heavy (non-hydrogen) atoms. The number of carboxylic acid groups (broad SMARTS) is 1. The zero-order valence-electron chi connectivity index (χ0n) is 5.61. The van der Waals surface area contributed by atoms with Crippen molar-refractivity contribution in [2.45, 2.75) is 12.5 Å². The Morgan fingerprint density at radius 2 is 1.82 bits per heavy atom. The van der Waals surface area contributed by atoms with Crippen LogP contribution in [-0.2, 0) is 9.59 Å². The van der Waals surface area contributed by atoms with Crippen molar-refractivity contribution in [1.82, 2.24) is 0 Å². The molecule has 0 unspecified atom stereocenters. The van der Waals surface area contributed by atoms with E-state index in [-0.39, 0.29) is 35.9 Å². The summed E-state index contributed by atoms with van der Waals surface area (Å²) in [6.07, 6.45) is -0.310. The van der Waals surface area contributed by atoms with Gasteiger partial charge in [-0.2, -0.15) is 0 Å². The van der Waals surface area contributed by atoms with Gasteiger partial charge >= 0.3 is 5.97 Å². The number of carbonyl (C=O) groups is 2. The van der Waals surface area contributed by atoms with Crippen LogP contribution in [-0.4, -0.2) is 28.5 Å². The van der Waals surface area contributed by atoms with Gasteiger partial charge in [-0.1, -0.05) is 0 Å². The molecule has 0 aliphatic heterocycles. The fraction of sp³-hybridized carbons (Fsp3) is 0.500.